The summed E-state index contributed by atoms with van der Waals surface area (Å²) in [5.74, 6) is -0.00531. The van der Waals surface area contributed by atoms with E-state index in [0.29, 0.717) is 20.7 Å². The van der Waals surface area contributed by atoms with Crippen molar-refractivity contribution in [1.82, 2.24) is 10.7 Å². The number of carbonyl (C=O) groups excluding carboxylic acids is 2. The maximum Gasteiger partial charge on any atom is 0.277 e. The third-order valence-electron chi connectivity index (χ3n) is 4.01. The highest BCUT2D eigenvalue weighted by molar-refractivity contribution is 8.26. The summed E-state index contributed by atoms with van der Waals surface area (Å²) in [5, 5.41) is 6.67. The van der Waals surface area contributed by atoms with Crippen molar-refractivity contribution in [3.05, 3.63) is 70.1 Å². The third-order valence-corrected chi connectivity index (χ3v) is 5.17. The molecule has 8 heteroatoms. The molecule has 2 aromatic carbocycles. The molecule has 0 atom stereocenters. The minimum atomic E-state index is -0.352. The van der Waals surface area contributed by atoms with Gasteiger partial charge < -0.3 is 10.1 Å². The molecule has 1 saturated heterocycles. The van der Waals surface area contributed by atoms with Crippen molar-refractivity contribution in [2.75, 3.05) is 6.61 Å². The fraction of sp³-hybridized carbons (Fsp3) is 0.143. The zero-order valence-corrected chi connectivity index (χ0v) is 17.5. The molecule has 3 rings (SSSR count). The summed E-state index contributed by atoms with van der Waals surface area (Å²) < 4.78 is 5.93. The fourth-order valence-electron chi connectivity index (χ4n) is 2.42. The number of hydrazone groups is 1. The van der Waals surface area contributed by atoms with Crippen molar-refractivity contribution in [1.29, 1.82) is 0 Å². The van der Waals surface area contributed by atoms with Crippen molar-refractivity contribution in [2.24, 2.45) is 5.10 Å². The SMILES string of the molecule is C/C(=N/NC(=O)COc1ccc(/C=C2/SC(=S)NC2=O)cc1)c1ccc(C)cc1. The van der Waals surface area contributed by atoms with Crippen LogP contribution >= 0.6 is 24.0 Å². The summed E-state index contributed by atoms with van der Waals surface area (Å²) in [4.78, 5) is 24.2. The predicted octanol–water partition coefficient (Wildman–Crippen LogP) is 3.40. The first-order valence-electron chi connectivity index (χ1n) is 8.78. The quantitative estimate of drug-likeness (QED) is 0.321. The lowest BCUT2D eigenvalue weighted by Crippen LogP contribution is -2.25. The van der Waals surface area contributed by atoms with E-state index in [2.05, 4.69) is 15.8 Å². The number of rotatable bonds is 6. The number of thioether (sulfide) groups is 1. The van der Waals surface area contributed by atoms with Crippen LogP contribution in [-0.2, 0) is 9.59 Å². The van der Waals surface area contributed by atoms with Crippen LogP contribution in [0.5, 0.6) is 5.75 Å². The van der Waals surface area contributed by atoms with Crippen LogP contribution in [0.4, 0.5) is 0 Å². The third kappa shape index (κ3) is 6.00. The summed E-state index contributed by atoms with van der Waals surface area (Å²) in [6.45, 7) is 3.69. The first-order chi connectivity index (χ1) is 13.9. The van der Waals surface area contributed by atoms with Crippen LogP contribution in [0, 0.1) is 6.92 Å². The van der Waals surface area contributed by atoms with Gasteiger partial charge in [-0.25, -0.2) is 5.43 Å². The monoisotopic (exact) mass is 425 g/mol. The first kappa shape index (κ1) is 20.8. The molecule has 1 aliphatic heterocycles. The summed E-state index contributed by atoms with van der Waals surface area (Å²) >= 11 is 6.19. The standard InChI is InChI=1S/C21H19N3O3S2/c1-13-3-7-16(8-4-13)14(2)23-24-19(25)12-27-17-9-5-15(6-10-17)11-18-20(26)22-21(28)29-18/h3-11H,12H2,1-2H3,(H,24,25)(H,22,26,28)/b18-11+,23-14-. The van der Waals surface area contributed by atoms with Gasteiger partial charge in [0.2, 0.25) is 0 Å². The predicted molar refractivity (Wildman–Crippen MR) is 120 cm³/mol. The van der Waals surface area contributed by atoms with E-state index in [-0.39, 0.29) is 18.4 Å². The molecule has 0 aliphatic carbocycles. The van der Waals surface area contributed by atoms with Gasteiger partial charge in [-0.3, -0.25) is 9.59 Å². The maximum atomic E-state index is 12.0. The Labute approximate surface area is 178 Å². The van der Waals surface area contributed by atoms with E-state index in [1.165, 1.54) is 11.8 Å². The number of amides is 2. The number of nitrogens with zero attached hydrogens (tertiary/aromatic N) is 1. The Balaban J connectivity index is 1.50. The second kappa shape index (κ2) is 9.49. The summed E-state index contributed by atoms with van der Waals surface area (Å²) in [6, 6.07) is 15.0. The van der Waals surface area contributed by atoms with Crippen LogP contribution in [-0.4, -0.2) is 28.5 Å². The summed E-state index contributed by atoms with van der Waals surface area (Å²) in [7, 11) is 0. The van der Waals surface area contributed by atoms with Crippen molar-refractivity contribution in [3.8, 4) is 5.75 Å². The molecule has 0 spiro atoms. The molecule has 1 heterocycles. The van der Waals surface area contributed by atoms with Gasteiger partial charge in [0, 0.05) is 0 Å². The van der Waals surface area contributed by atoms with Gasteiger partial charge in [-0.2, -0.15) is 5.10 Å². The Morgan fingerprint density at radius 3 is 2.52 bits per heavy atom. The lowest BCUT2D eigenvalue weighted by atomic mass is 10.1. The van der Waals surface area contributed by atoms with Crippen LogP contribution in [0.3, 0.4) is 0 Å². The fourth-order valence-corrected chi connectivity index (χ4v) is 3.46. The highest BCUT2D eigenvalue weighted by Gasteiger charge is 2.21. The average Bonchev–Trinajstić information content (AvgIpc) is 3.02. The largest absolute Gasteiger partial charge is 0.484 e. The first-order valence-corrected chi connectivity index (χ1v) is 10.0. The molecule has 0 radical (unpaired) electrons. The van der Waals surface area contributed by atoms with Crippen LogP contribution in [0.15, 0.2) is 58.5 Å². The smallest absolute Gasteiger partial charge is 0.277 e. The van der Waals surface area contributed by atoms with Crippen molar-refractivity contribution in [2.45, 2.75) is 13.8 Å². The molecule has 0 bridgehead atoms. The van der Waals surface area contributed by atoms with Crippen molar-refractivity contribution >= 4 is 51.9 Å². The van der Waals surface area contributed by atoms with E-state index in [4.69, 9.17) is 17.0 Å². The van der Waals surface area contributed by atoms with Gasteiger partial charge in [-0.1, -0.05) is 65.9 Å². The topological polar surface area (TPSA) is 79.8 Å². The normalized spacial score (nSPS) is 15.4. The molecule has 2 aromatic rings. The van der Waals surface area contributed by atoms with E-state index in [9.17, 15) is 9.59 Å². The molecule has 1 aliphatic rings. The number of aryl methyl sites for hydroxylation is 1. The second-order valence-corrected chi connectivity index (χ2v) is 8.03. The molecule has 1 fully saturated rings. The van der Waals surface area contributed by atoms with Gasteiger partial charge in [0.25, 0.3) is 11.8 Å². The van der Waals surface area contributed by atoms with Gasteiger partial charge >= 0.3 is 0 Å². The second-order valence-electron chi connectivity index (χ2n) is 6.31. The number of nitrogens with one attached hydrogen (secondary N) is 2. The molecule has 0 saturated carbocycles. The van der Waals surface area contributed by atoms with Crippen LogP contribution in [0.1, 0.15) is 23.6 Å². The van der Waals surface area contributed by atoms with Gasteiger partial charge in [-0.15, -0.1) is 0 Å². The number of ether oxygens (including phenoxy) is 1. The van der Waals surface area contributed by atoms with E-state index in [0.717, 1.165) is 16.7 Å². The van der Waals surface area contributed by atoms with Crippen molar-refractivity contribution in [3.63, 3.8) is 0 Å². The van der Waals surface area contributed by atoms with Crippen LogP contribution in [0.25, 0.3) is 6.08 Å². The zero-order valence-electron chi connectivity index (χ0n) is 15.9. The van der Waals surface area contributed by atoms with Gasteiger partial charge in [0.1, 0.15) is 10.1 Å². The van der Waals surface area contributed by atoms with Gasteiger partial charge in [0.15, 0.2) is 6.61 Å². The summed E-state index contributed by atoms with van der Waals surface area (Å²) in [6.07, 6.45) is 1.75. The Morgan fingerprint density at radius 1 is 1.21 bits per heavy atom. The molecular formula is C21H19N3O3S2. The van der Waals surface area contributed by atoms with Gasteiger partial charge in [-0.05, 0) is 43.2 Å². The molecule has 0 aromatic heterocycles. The highest BCUT2D eigenvalue weighted by Crippen LogP contribution is 2.26. The molecule has 148 valence electrons. The highest BCUT2D eigenvalue weighted by atomic mass is 32.2. The van der Waals surface area contributed by atoms with Crippen LogP contribution < -0.4 is 15.5 Å². The van der Waals surface area contributed by atoms with Gasteiger partial charge in [0.05, 0.1) is 10.6 Å². The Bertz CT molecular complexity index is 997. The van der Waals surface area contributed by atoms with Crippen molar-refractivity contribution < 1.29 is 14.3 Å². The molecule has 0 unspecified atom stereocenters. The Hall–Kier alpha value is -2.97. The van der Waals surface area contributed by atoms with E-state index in [1.54, 1.807) is 30.3 Å². The number of benzene rings is 2. The minimum absolute atomic E-state index is 0.155. The van der Waals surface area contributed by atoms with E-state index >= 15 is 0 Å². The molecule has 2 amide bonds. The maximum absolute atomic E-state index is 12.0. The molecular weight excluding hydrogens is 406 g/mol. The van der Waals surface area contributed by atoms with E-state index < -0.39 is 0 Å². The molecule has 29 heavy (non-hydrogen) atoms. The molecule has 2 N–H and O–H groups in total. The number of hydrogen-bond donors (Lipinski definition) is 2. The zero-order chi connectivity index (χ0) is 20.8. The molecule has 6 nitrogen and oxygen atoms in total. The Morgan fingerprint density at radius 2 is 1.90 bits per heavy atom. The number of carbonyl (C=O) groups is 2. The summed E-state index contributed by atoms with van der Waals surface area (Å²) in [5.41, 5.74) is 6.14. The number of hydrogen-bond acceptors (Lipinski definition) is 6. The average molecular weight is 426 g/mol. The van der Waals surface area contributed by atoms with Crippen LogP contribution in [0.2, 0.25) is 0 Å². The minimum Gasteiger partial charge on any atom is -0.484 e. The number of thiocarbonyl (C=S) groups is 1. The van der Waals surface area contributed by atoms with E-state index in [1.807, 2.05) is 38.1 Å². The Kier molecular flexibility index (Phi) is 6.79. The lowest BCUT2D eigenvalue weighted by Gasteiger charge is -2.06. The lowest BCUT2D eigenvalue weighted by molar-refractivity contribution is -0.123.